The molecule has 126 valence electrons. The Balaban J connectivity index is 1.59. The van der Waals surface area contributed by atoms with Crippen LogP contribution < -0.4 is 10.1 Å². The van der Waals surface area contributed by atoms with Crippen LogP contribution in [0.15, 0.2) is 48.7 Å². The van der Waals surface area contributed by atoms with Gasteiger partial charge >= 0.3 is 0 Å². The van der Waals surface area contributed by atoms with Crippen LogP contribution in [0.1, 0.15) is 11.1 Å². The van der Waals surface area contributed by atoms with Crippen LogP contribution in [0.4, 0.5) is 5.69 Å². The van der Waals surface area contributed by atoms with E-state index in [0.717, 1.165) is 28.1 Å². The molecule has 25 heavy (non-hydrogen) atoms. The van der Waals surface area contributed by atoms with Gasteiger partial charge in [0.2, 0.25) is 5.91 Å². The third kappa shape index (κ3) is 2.98. The summed E-state index contributed by atoms with van der Waals surface area (Å²) in [6.45, 7) is 2.51. The molecule has 0 unspecified atom stereocenters. The standard InChI is InChI=1S/C19H16ClN3O2/c1-12-6-7-16(15(20)8-12)22-18(24)10-23-19-13(9-21-23)11-25-17-5-3-2-4-14(17)19/h2-9H,10-11H2,1H3,(H,22,24). The third-order valence-electron chi connectivity index (χ3n) is 4.13. The largest absolute Gasteiger partial charge is 0.488 e. The minimum atomic E-state index is -0.180. The lowest BCUT2D eigenvalue weighted by Gasteiger charge is -2.19. The number of para-hydroxylation sites is 1. The number of amides is 1. The lowest BCUT2D eigenvalue weighted by molar-refractivity contribution is -0.116. The van der Waals surface area contributed by atoms with Crippen LogP contribution in [0.3, 0.4) is 0 Å². The molecule has 2 heterocycles. The van der Waals surface area contributed by atoms with Crippen molar-refractivity contribution in [2.75, 3.05) is 5.32 Å². The number of rotatable bonds is 3. The Labute approximate surface area is 150 Å². The lowest BCUT2D eigenvalue weighted by atomic mass is 10.0. The van der Waals surface area contributed by atoms with Crippen LogP contribution >= 0.6 is 11.6 Å². The molecule has 0 radical (unpaired) electrons. The first kappa shape index (κ1) is 15.7. The minimum absolute atomic E-state index is 0.105. The van der Waals surface area contributed by atoms with Gasteiger partial charge in [-0.2, -0.15) is 5.10 Å². The Morgan fingerprint density at radius 1 is 1.32 bits per heavy atom. The van der Waals surface area contributed by atoms with Crippen molar-refractivity contribution in [2.45, 2.75) is 20.1 Å². The number of carbonyl (C=O) groups is 1. The van der Waals surface area contributed by atoms with Crippen LogP contribution in [-0.4, -0.2) is 15.7 Å². The highest BCUT2D eigenvalue weighted by Gasteiger charge is 2.22. The van der Waals surface area contributed by atoms with Gasteiger partial charge in [0, 0.05) is 11.1 Å². The Morgan fingerprint density at radius 3 is 3.00 bits per heavy atom. The summed E-state index contributed by atoms with van der Waals surface area (Å²) in [7, 11) is 0. The molecule has 1 aliphatic rings. The summed E-state index contributed by atoms with van der Waals surface area (Å²) >= 11 is 6.18. The van der Waals surface area contributed by atoms with Crippen LogP contribution in [0.5, 0.6) is 5.75 Å². The molecular formula is C19H16ClN3O2. The first-order valence-corrected chi connectivity index (χ1v) is 8.32. The van der Waals surface area contributed by atoms with Gasteiger partial charge in [-0.15, -0.1) is 0 Å². The number of nitrogens with zero attached hydrogens (tertiary/aromatic N) is 2. The maximum absolute atomic E-state index is 12.5. The average molecular weight is 354 g/mol. The number of carbonyl (C=O) groups excluding carboxylic acids is 1. The monoisotopic (exact) mass is 353 g/mol. The van der Waals surface area contributed by atoms with Gasteiger partial charge in [0.1, 0.15) is 18.9 Å². The molecule has 0 saturated heterocycles. The Morgan fingerprint density at radius 2 is 2.16 bits per heavy atom. The van der Waals surface area contributed by atoms with Gasteiger partial charge in [-0.3, -0.25) is 9.48 Å². The second kappa shape index (κ2) is 6.26. The highest BCUT2D eigenvalue weighted by atomic mass is 35.5. The second-order valence-electron chi connectivity index (χ2n) is 5.99. The predicted molar refractivity (Wildman–Crippen MR) is 96.8 cm³/mol. The van der Waals surface area contributed by atoms with Gasteiger partial charge in [-0.05, 0) is 36.8 Å². The normalized spacial score (nSPS) is 12.1. The quantitative estimate of drug-likeness (QED) is 0.773. The zero-order chi connectivity index (χ0) is 17.4. The second-order valence-corrected chi connectivity index (χ2v) is 6.40. The van der Waals surface area contributed by atoms with Crippen molar-refractivity contribution in [1.82, 2.24) is 9.78 Å². The fourth-order valence-electron chi connectivity index (χ4n) is 2.95. The third-order valence-corrected chi connectivity index (χ3v) is 4.45. The van der Waals surface area contributed by atoms with Crippen molar-refractivity contribution in [3.63, 3.8) is 0 Å². The molecule has 5 nitrogen and oxygen atoms in total. The molecule has 0 spiro atoms. The van der Waals surface area contributed by atoms with Crippen molar-refractivity contribution < 1.29 is 9.53 Å². The summed E-state index contributed by atoms with van der Waals surface area (Å²) in [5.41, 5.74) is 4.48. The van der Waals surface area contributed by atoms with E-state index in [4.69, 9.17) is 16.3 Å². The maximum atomic E-state index is 12.5. The fourth-order valence-corrected chi connectivity index (χ4v) is 3.23. The number of benzene rings is 2. The molecule has 0 bridgehead atoms. The highest BCUT2D eigenvalue weighted by Crippen LogP contribution is 2.37. The molecule has 0 saturated carbocycles. The van der Waals surface area contributed by atoms with Gasteiger partial charge in [0.15, 0.2) is 0 Å². The predicted octanol–water partition coefficient (Wildman–Crippen LogP) is 4.04. The Hall–Kier alpha value is -2.79. The van der Waals surface area contributed by atoms with Gasteiger partial charge in [-0.1, -0.05) is 29.8 Å². The van der Waals surface area contributed by atoms with Gasteiger partial charge in [0.25, 0.3) is 0 Å². The Kier molecular flexibility index (Phi) is 3.93. The smallest absolute Gasteiger partial charge is 0.246 e. The minimum Gasteiger partial charge on any atom is -0.488 e. The van der Waals surface area contributed by atoms with E-state index in [1.54, 1.807) is 16.9 Å². The summed E-state index contributed by atoms with van der Waals surface area (Å²) in [6.07, 6.45) is 1.75. The summed E-state index contributed by atoms with van der Waals surface area (Å²) < 4.78 is 7.42. The summed E-state index contributed by atoms with van der Waals surface area (Å²) in [6, 6.07) is 13.3. The molecule has 1 aromatic heterocycles. The van der Waals surface area contributed by atoms with Crippen molar-refractivity contribution >= 4 is 23.2 Å². The molecule has 4 rings (SSSR count). The first-order chi connectivity index (χ1) is 12.1. The van der Waals surface area contributed by atoms with Crippen molar-refractivity contribution in [3.05, 3.63) is 64.8 Å². The van der Waals surface area contributed by atoms with E-state index in [-0.39, 0.29) is 12.5 Å². The number of hydrogen-bond acceptors (Lipinski definition) is 3. The number of halogens is 1. The SMILES string of the molecule is Cc1ccc(NC(=O)Cn2ncc3c2-c2ccccc2OC3)c(Cl)c1. The zero-order valence-electron chi connectivity index (χ0n) is 13.6. The number of aryl methyl sites for hydroxylation is 1. The molecule has 0 fully saturated rings. The molecule has 0 aliphatic carbocycles. The van der Waals surface area contributed by atoms with E-state index in [1.807, 2.05) is 43.3 Å². The lowest BCUT2D eigenvalue weighted by Crippen LogP contribution is -2.21. The fraction of sp³-hybridized carbons (Fsp3) is 0.158. The molecule has 6 heteroatoms. The van der Waals surface area contributed by atoms with E-state index in [1.165, 1.54) is 0 Å². The van der Waals surface area contributed by atoms with E-state index >= 15 is 0 Å². The van der Waals surface area contributed by atoms with E-state index in [0.29, 0.717) is 17.3 Å². The topological polar surface area (TPSA) is 56.2 Å². The number of fused-ring (bicyclic) bond motifs is 3. The number of hydrogen-bond donors (Lipinski definition) is 1. The first-order valence-electron chi connectivity index (χ1n) is 7.95. The molecule has 1 amide bonds. The van der Waals surface area contributed by atoms with E-state index in [9.17, 15) is 4.79 Å². The molecule has 0 atom stereocenters. The molecule has 1 N–H and O–H groups in total. The van der Waals surface area contributed by atoms with Crippen LogP contribution in [0.25, 0.3) is 11.3 Å². The van der Waals surface area contributed by atoms with Crippen LogP contribution in [-0.2, 0) is 17.9 Å². The Bertz CT molecular complexity index is 965. The van der Waals surface area contributed by atoms with Gasteiger partial charge in [-0.25, -0.2) is 0 Å². The summed E-state index contributed by atoms with van der Waals surface area (Å²) in [5, 5.41) is 7.72. The van der Waals surface area contributed by atoms with Crippen molar-refractivity contribution in [3.8, 4) is 17.0 Å². The average Bonchev–Trinajstić information content (AvgIpc) is 3.01. The van der Waals surface area contributed by atoms with Crippen molar-refractivity contribution in [2.24, 2.45) is 0 Å². The number of aromatic nitrogens is 2. The number of anilines is 1. The number of ether oxygens (including phenoxy) is 1. The van der Waals surface area contributed by atoms with Crippen molar-refractivity contribution in [1.29, 1.82) is 0 Å². The molecule has 2 aromatic carbocycles. The van der Waals surface area contributed by atoms with Gasteiger partial charge < -0.3 is 10.1 Å². The molecule has 1 aliphatic heterocycles. The van der Waals surface area contributed by atoms with Crippen LogP contribution in [0, 0.1) is 6.92 Å². The maximum Gasteiger partial charge on any atom is 0.246 e. The molecular weight excluding hydrogens is 338 g/mol. The van der Waals surface area contributed by atoms with E-state index < -0.39 is 0 Å². The van der Waals surface area contributed by atoms with Gasteiger partial charge in [0.05, 0.1) is 22.6 Å². The zero-order valence-corrected chi connectivity index (χ0v) is 14.4. The van der Waals surface area contributed by atoms with Crippen LogP contribution in [0.2, 0.25) is 5.02 Å². The van der Waals surface area contributed by atoms with E-state index in [2.05, 4.69) is 10.4 Å². The molecule has 3 aromatic rings. The highest BCUT2D eigenvalue weighted by molar-refractivity contribution is 6.33. The summed E-state index contributed by atoms with van der Waals surface area (Å²) in [5.74, 6) is 0.624. The summed E-state index contributed by atoms with van der Waals surface area (Å²) in [4.78, 5) is 12.5. The number of nitrogens with one attached hydrogen (secondary N) is 1.